The van der Waals surface area contributed by atoms with Gasteiger partial charge in [0.05, 0.1) is 11.5 Å². The third-order valence-corrected chi connectivity index (χ3v) is 4.36. The van der Waals surface area contributed by atoms with E-state index in [0.29, 0.717) is 6.42 Å². The Balaban J connectivity index is 3.10. The molecule has 0 saturated heterocycles. The summed E-state index contributed by atoms with van der Waals surface area (Å²) in [7, 11) is -2.32. The number of nitrogens with one attached hydrogen (secondary N) is 1. The van der Waals surface area contributed by atoms with Gasteiger partial charge < -0.3 is 10.5 Å². The number of sulfonamides is 1. The molecule has 108 valence electrons. The van der Waals surface area contributed by atoms with Crippen LogP contribution in [0.2, 0.25) is 0 Å². The van der Waals surface area contributed by atoms with E-state index < -0.39 is 15.8 Å². The molecule has 0 fully saturated rings. The average molecular weight is 290 g/mol. The van der Waals surface area contributed by atoms with Crippen molar-refractivity contribution in [2.24, 2.45) is 5.73 Å². The second-order valence-corrected chi connectivity index (χ2v) is 5.78. The van der Waals surface area contributed by atoms with Crippen LogP contribution in [0.3, 0.4) is 0 Å². The van der Waals surface area contributed by atoms with E-state index in [1.165, 1.54) is 25.3 Å². The Labute approximate surface area is 113 Å². The second-order valence-electron chi connectivity index (χ2n) is 4.10. The zero-order chi connectivity index (χ0) is 14.5. The maximum Gasteiger partial charge on any atom is 0.241 e. The molecule has 5 nitrogen and oxygen atoms in total. The van der Waals surface area contributed by atoms with E-state index in [9.17, 15) is 12.8 Å². The van der Waals surface area contributed by atoms with Gasteiger partial charge in [0, 0.05) is 25.3 Å². The first-order valence-corrected chi connectivity index (χ1v) is 7.43. The quantitative estimate of drug-likeness (QED) is 0.784. The van der Waals surface area contributed by atoms with Gasteiger partial charge in [-0.15, -0.1) is 0 Å². The second kappa shape index (κ2) is 6.95. The summed E-state index contributed by atoms with van der Waals surface area (Å²) in [6.45, 7) is 1.91. The van der Waals surface area contributed by atoms with Gasteiger partial charge in [0.1, 0.15) is 5.82 Å². The average Bonchev–Trinajstić information content (AvgIpc) is 2.37. The molecule has 1 aromatic carbocycles. The van der Waals surface area contributed by atoms with Gasteiger partial charge >= 0.3 is 0 Å². The zero-order valence-electron chi connectivity index (χ0n) is 11.0. The summed E-state index contributed by atoms with van der Waals surface area (Å²) in [5.74, 6) is -0.620. The first kappa shape index (κ1) is 16.0. The molecule has 0 aromatic heterocycles. The van der Waals surface area contributed by atoms with Crippen molar-refractivity contribution in [3.05, 3.63) is 29.6 Å². The fourth-order valence-corrected chi connectivity index (χ4v) is 3.27. The number of methoxy groups -OCH3 is 1. The highest BCUT2D eigenvalue weighted by Gasteiger charge is 2.23. The van der Waals surface area contributed by atoms with Crippen molar-refractivity contribution in [1.82, 2.24) is 4.72 Å². The van der Waals surface area contributed by atoms with E-state index in [-0.39, 0.29) is 29.7 Å². The normalized spacial score (nSPS) is 13.5. The SMILES string of the molecule is CCC(COC)NS(=O)(=O)c1cccc(F)c1CN. The van der Waals surface area contributed by atoms with Crippen LogP contribution in [-0.2, 0) is 21.3 Å². The highest BCUT2D eigenvalue weighted by Crippen LogP contribution is 2.18. The van der Waals surface area contributed by atoms with Crippen LogP contribution in [0.4, 0.5) is 4.39 Å². The molecule has 1 aromatic rings. The Bertz CT molecular complexity index is 520. The van der Waals surface area contributed by atoms with E-state index in [0.717, 1.165) is 0 Å². The number of nitrogens with two attached hydrogens (primary N) is 1. The third kappa shape index (κ3) is 3.97. The molecular formula is C12H19FN2O3S. The predicted octanol–water partition coefficient (Wildman–Crippen LogP) is 0.988. The minimum absolute atomic E-state index is 0.0118. The van der Waals surface area contributed by atoms with Gasteiger partial charge in [0.25, 0.3) is 0 Å². The predicted molar refractivity (Wildman–Crippen MR) is 70.6 cm³/mol. The van der Waals surface area contributed by atoms with E-state index >= 15 is 0 Å². The summed E-state index contributed by atoms with van der Waals surface area (Å²) in [4.78, 5) is -0.121. The number of benzene rings is 1. The van der Waals surface area contributed by atoms with Crippen LogP contribution >= 0.6 is 0 Å². The van der Waals surface area contributed by atoms with Crippen LogP contribution in [0, 0.1) is 5.82 Å². The largest absolute Gasteiger partial charge is 0.383 e. The number of rotatable bonds is 7. The summed E-state index contributed by atoms with van der Waals surface area (Å²) in [5, 5.41) is 0. The van der Waals surface area contributed by atoms with Crippen molar-refractivity contribution >= 4 is 10.0 Å². The smallest absolute Gasteiger partial charge is 0.241 e. The van der Waals surface area contributed by atoms with Crippen LogP contribution in [0.25, 0.3) is 0 Å². The molecule has 0 radical (unpaired) electrons. The number of ether oxygens (including phenoxy) is 1. The van der Waals surface area contributed by atoms with Crippen LogP contribution in [-0.4, -0.2) is 28.2 Å². The monoisotopic (exact) mass is 290 g/mol. The first-order chi connectivity index (χ1) is 8.96. The Kier molecular flexibility index (Phi) is 5.86. The van der Waals surface area contributed by atoms with Gasteiger partial charge in [0.15, 0.2) is 0 Å². The molecule has 0 amide bonds. The molecule has 0 bridgehead atoms. The molecule has 0 heterocycles. The molecule has 7 heteroatoms. The molecular weight excluding hydrogens is 271 g/mol. The third-order valence-electron chi connectivity index (χ3n) is 2.75. The minimum atomic E-state index is -3.81. The van der Waals surface area contributed by atoms with Gasteiger partial charge in [-0.05, 0) is 18.6 Å². The maximum absolute atomic E-state index is 13.6. The molecule has 0 saturated carbocycles. The Morgan fingerprint density at radius 2 is 2.16 bits per heavy atom. The lowest BCUT2D eigenvalue weighted by Crippen LogP contribution is -2.38. The summed E-state index contributed by atoms with van der Waals surface area (Å²) in [6, 6.07) is 3.52. The Hall–Kier alpha value is -1.02. The number of hydrogen-bond donors (Lipinski definition) is 2. The fraction of sp³-hybridized carbons (Fsp3) is 0.500. The summed E-state index contributed by atoms with van der Waals surface area (Å²) >= 11 is 0. The first-order valence-electron chi connectivity index (χ1n) is 5.95. The molecule has 0 spiro atoms. The Morgan fingerprint density at radius 1 is 1.47 bits per heavy atom. The van der Waals surface area contributed by atoms with Crippen molar-refractivity contribution in [3.63, 3.8) is 0 Å². The molecule has 1 rings (SSSR count). The van der Waals surface area contributed by atoms with Crippen LogP contribution in [0.15, 0.2) is 23.1 Å². The zero-order valence-corrected chi connectivity index (χ0v) is 11.8. The van der Waals surface area contributed by atoms with Gasteiger partial charge in [-0.2, -0.15) is 0 Å². The van der Waals surface area contributed by atoms with Crippen molar-refractivity contribution in [3.8, 4) is 0 Å². The lowest BCUT2D eigenvalue weighted by atomic mass is 10.2. The highest BCUT2D eigenvalue weighted by molar-refractivity contribution is 7.89. The molecule has 1 unspecified atom stereocenters. The van der Waals surface area contributed by atoms with Crippen molar-refractivity contribution < 1.29 is 17.5 Å². The Morgan fingerprint density at radius 3 is 2.68 bits per heavy atom. The lowest BCUT2D eigenvalue weighted by Gasteiger charge is -2.17. The summed E-state index contributed by atoms with van der Waals surface area (Å²) < 4.78 is 45.4. The summed E-state index contributed by atoms with van der Waals surface area (Å²) in [5.41, 5.74) is 5.40. The minimum Gasteiger partial charge on any atom is -0.383 e. The van der Waals surface area contributed by atoms with Crippen molar-refractivity contribution in [1.29, 1.82) is 0 Å². The van der Waals surface area contributed by atoms with Gasteiger partial charge in [-0.3, -0.25) is 0 Å². The topological polar surface area (TPSA) is 81.4 Å². The van der Waals surface area contributed by atoms with E-state index in [1.807, 2.05) is 6.92 Å². The molecule has 1 atom stereocenters. The fourth-order valence-electron chi connectivity index (χ4n) is 1.71. The molecule has 3 N–H and O–H groups in total. The highest BCUT2D eigenvalue weighted by atomic mass is 32.2. The standard InChI is InChI=1S/C12H19FN2O3S/c1-3-9(8-18-2)15-19(16,17)12-6-4-5-11(13)10(12)7-14/h4-6,9,15H,3,7-8,14H2,1-2H3. The molecule has 19 heavy (non-hydrogen) atoms. The van der Waals surface area contributed by atoms with E-state index in [4.69, 9.17) is 10.5 Å². The lowest BCUT2D eigenvalue weighted by molar-refractivity contribution is 0.173. The van der Waals surface area contributed by atoms with Gasteiger partial charge in [0.2, 0.25) is 10.0 Å². The molecule has 0 aliphatic heterocycles. The van der Waals surface area contributed by atoms with Crippen LogP contribution in [0.5, 0.6) is 0 Å². The molecule has 0 aliphatic rings. The van der Waals surface area contributed by atoms with Crippen molar-refractivity contribution in [2.45, 2.75) is 30.8 Å². The number of hydrogen-bond acceptors (Lipinski definition) is 4. The van der Waals surface area contributed by atoms with Crippen molar-refractivity contribution in [2.75, 3.05) is 13.7 Å². The molecule has 0 aliphatic carbocycles. The van der Waals surface area contributed by atoms with Gasteiger partial charge in [-0.1, -0.05) is 13.0 Å². The van der Waals surface area contributed by atoms with Crippen LogP contribution < -0.4 is 10.5 Å². The van der Waals surface area contributed by atoms with Gasteiger partial charge in [-0.25, -0.2) is 17.5 Å². The number of halogens is 1. The van der Waals surface area contributed by atoms with E-state index in [1.54, 1.807) is 0 Å². The van der Waals surface area contributed by atoms with Crippen LogP contribution in [0.1, 0.15) is 18.9 Å². The van der Waals surface area contributed by atoms with E-state index in [2.05, 4.69) is 4.72 Å². The maximum atomic E-state index is 13.6. The summed E-state index contributed by atoms with van der Waals surface area (Å²) in [6.07, 6.45) is 0.570.